The number of carbonyl (C=O) groups is 1. The molecule has 0 heterocycles. The lowest BCUT2D eigenvalue weighted by Gasteiger charge is -2.25. The van der Waals surface area contributed by atoms with E-state index >= 15 is 0 Å². The van der Waals surface area contributed by atoms with Crippen molar-refractivity contribution < 1.29 is 15.0 Å². The van der Waals surface area contributed by atoms with Crippen molar-refractivity contribution in [3.8, 4) is 0 Å². The first kappa shape index (κ1) is 15.7. The molecule has 1 aliphatic carbocycles. The maximum absolute atomic E-state index is 12.4. The molecular formula is C19H21NO3. The zero-order valence-corrected chi connectivity index (χ0v) is 13.0. The standard InChI is InChI=1S/C19H21NO3/c1-12-7-5-6-10-14(12)15-11-16(21)18(22)17(15)20-19(23)13-8-3-2-4-9-13/h2-10,15-18,21-22H,11H2,1H3,(H,20,23)/t15-,16-,17-,18-/m1/s1. The van der Waals surface area contributed by atoms with Crippen LogP contribution >= 0.6 is 0 Å². The van der Waals surface area contributed by atoms with E-state index < -0.39 is 18.2 Å². The molecule has 2 aromatic rings. The predicted molar refractivity (Wildman–Crippen MR) is 88.2 cm³/mol. The molecular weight excluding hydrogens is 290 g/mol. The maximum Gasteiger partial charge on any atom is 0.251 e. The van der Waals surface area contributed by atoms with Crippen molar-refractivity contribution >= 4 is 5.91 Å². The van der Waals surface area contributed by atoms with E-state index in [1.54, 1.807) is 24.3 Å². The molecule has 0 bridgehead atoms. The molecule has 2 aromatic carbocycles. The molecule has 0 aromatic heterocycles. The lowest BCUT2D eigenvalue weighted by molar-refractivity contribution is 0.0294. The van der Waals surface area contributed by atoms with Gasteiger partial charge < -0.3 is 15.5 Å². The number of aliphatic hydroxyl groups excluding tert-OH is 2. The second-order valence-electron chi connectivity index (χ2n) is 6.12. The minimum Gasteiger partial charge on any atom is -0.390 e. The number of rotatable bonds is 3. The van der Waals surface area contributed by atoms with Crippen molar-refractivity contribution in [3.05, 3.63) is 71.3 Å². The number of hydrogen-bond donors (Lipinski definition) is 3. The summed E-state index contributed by atoms with van der Waals surface area (Å²) in [7, 11) is 0. The number of nitrogens with one attached hydrogen (secondary N) is 1. The number of amides is 1. The van der Waals surface area contributed by atoms with Gasteiger partial charge in [0.25, 0.3) is 5.91 Å². The van der Waals surface area contributed by atoms with Crippen molar-refractivity contribution in [1.29, 1.82) is 0 Å². The summed E-state index contributed by atoms with van der Waals surface area (Å²) in [6.45, 7) is 2.00. The molecule has 4 atom stereocenters. The quantitative estimate of drug-likeness (QED) is 0.812. The van der Waals surface area contributed by atoms with Crippen LogP contribution in [0.3, 0.4) is 0 Å². The summed E-state index contributed by atoms with van der Waals surface area (Å²) in [5, 5.41) is 23.3. The molecule has 1 saturated carbocycles. The Morgan fingerprint density at radius 3 is 2.39 bits per heavy atom. The highest BCUT2D eigenvalue weighted by Gasteiger charge is 2.43. The van der Waals surface area contributed by atoms with Crippen LogP contribution in [0.4, 0.5) is 0 Å². The van der Waals surface area contributed by atoms with Gasteiger partial charge in [0.2, 0.25) is 0 Å². The summed E-state index contributed by atoms with van der Waals surface area (Å²) in [5.74, 6) is -0.337. The Hall–Kier alpha value is -2.17. The average Bonchev–Trinajstić information content (AvgIpc) is 2.84. The van der Waals surface area contributed by atoms with Gasteiger partial charge in [-0.25, -0.2) is 0 Å². The van der Waals surface area contributed by atoms with Crippen molar-refractivity contribution in [3.63, 3.8) is 0 Å². The molecule has 120 valence electrons. The highest BCUT2D eigenvalue weighted by Crippen LogP contribution is 2.36. The van der Waals surface area contributed by atoms with Gasteiger partial charge in [-0.15, -0.1) is 0 Å². The van der Waals surface area contributed by atoms with Gasteiger partial charge in [-0.1, -0.05) is 42.5 Å². The minimum absolute atomic E-state index is 0.103. The average molecular weight is 311 g/mol. The Labute approximate surface area is 135 Å². The first-order chi connectivity index (χ1) is 11.1. The van der Waals surface area contributed by atoms with Crippen LogP contribution in [0, 0.1) is 6.92 Å². The molecule has 0 unspecified atom stereocenters. The second-order valence-corrected chi connectivity index (χ2v) is 6.12. The van der Waals surface area contributed by atoms with Crippen LogP contribution in [-0.4, -0.2) is 34.4 Å². The molecule has 1 amide bonds. The fourth-order valence-corrected chi connectivity index (χ4v) is 3.36. The van der Waals surface area contributed by atoms with Crippen molar-refractivity contribution in [2.75, 3.05) is 0 Å². The van der Waals surface area contributed by atoms with Crippen LogP contribution in [0.25, 0.3) is 0 Å². The third kappa shape index (κ3) is 3.14. The van der Waals surface area contributed by atoms with E-state index in [9.17, 15) is 15.0 Å². The summed E-state index contributed by atoms with van der Waals surface area (Å²) < 4.78 is 0. The van der Waals surface area contributed by atoms with Gasteiger partial charge in [-0.05, 0) is 36.6 Å². The van der Waals surface area contributed by atoms with E-state index in [0.717, 1.165) is 11.1 Å². The Kier molecular flexibility index (Phi) is 4.46. The lowest BCUT2D eigenvalue weighted by atomic mass is 9.90. The minimum atomic E-state index is -0.965. The largest absolute Gasteiger partial charge is 0.390 e. The summed E-state index contributed by atoms with van der Waals surface area (Å²) >= 11 is 0. The second kappa shape index (κ2) is 6.52. The highest BCUT2D eigenvalue weighted by atomic mass is 16.3. The molecule has 1 aliphatic rings. The Balaban J connectivity index is 1.86. The molecule has 23 heavy (non-hydrogen) atoms. The molecule has 0 aliphatic heterocycles. The smallest absolute Gasteiger partial charge is 0.251 e. The predicted octanol–water partition coefficient (Wildman–Crippen LogP) is 2.00. The lowest BCUT2D eigenvalue weighted by Crippen LogP contribution is -2.45. The van der Waals surface area contributed by atoms with Crippen LogP contribution in [0.1, 0.15) is 33.8 Å². The van der Waals surface area contributed by atoms with Gasteiger partial charge in [0.05, 0.1) is 12.1 Å². The van der Waals surface area contributed by atoms with Crippen LogP contribution in [-0.2, 0) is 0 Å². The molecule has 3 rings (SSSR count). The van der Waals surface area contributed by atoms with Gasteiger partial charge in [0.1, 0.15) is 6.10 Å². The number of aliphatic hydroxyl groups is 2. The van der Waals surface area contributed by atoms with Gasteiger partial charge >= 0.3 is 0 Å². The highest BCUT2D eigenvalue weighted by molar-refractivity contribution is 5.94. The molecule has 4 nitrogen and oxygen atoms in total. The van der Waals surface area contributed by atoms with Crippen LogP contribution < -0.4 is 5.32 Å². The van der Waals surface area contributed by atoms with Gasteiger partial charge in [-0.3, -0.25) is 4.79 Å². The zero-order chi connectivity index (χ0) is 16.4. The molecule has 0 saturated heterocycles. The number of benzene rings is 2. The summed E-state index contributed by atoms with van der Waals surface area (Å²) in [5.41, 5.74) is 2.70. The Bertz CT molecular complexity index is 686. The summed E-state index contributed by atoms with van der Waals surface area (Å²) in [6, 6.07) is 16.3. The molecule has 3 N–H and O–H groups in total. The fourth-order valence-electron chi connectivity index (χ4n) is 3.36. The molecule has 0 radical (unpaired) electrons. The van der Waals surface area contributed by atoms with Gasteiger partial charge in [-0.2, -0.15) is 0 Å². The zero-order valence-electron chi connectivity index (χ0n) is 13.0. The molecule has 1 fully saturated rings. The van der Waals surface area contributed by atoms with Crippen molar-refractivity contribution in [1.82, 2.24) is 5.32 Å². The van der Waals surface area contributed by atoms with E-state index in [0.29, 0.717) is 12.0 Å². The first-order valence-corrected chi connectivity index (χ1v) is 7.85. The van der Waals surface area contributed by atoms with Crippen LogP contribution in [0.5, 0.6) is 0 Å². The molecule has 4 heteroatoms. The maximum atomic E-state index is 12.4. The number of aryl methyl sites for hydroxylation is 1. The van der Waals surface area contributed by atoms with E-state index in [-0.39, 0.29) is 11.8 Å². The van der Waals surface area contributed by atoms with E-state index in [4.69, 9.17) is 0 Å². The van der Waals surface area contributed by atoms with Gasteiger partial charge in [0.15, 0.2) is 0 Å². The third-order valence-electron chi connectivity index (χ3n) is 4.61. The van der Waals surface area contributed by atoms with E-state index in [2.05, 4.69) is 5.32 Å². The van der Waals surface area contributed by atoms with Crippen molar-refractivity contribution in [2.24, 2.45) is 0 Å². The summed E-state index contributed by atoms with van der Waals surface area (Å²) in [6.07, 6.45) is -1.36. The normalized spacial score (nSPS) is 26.9. The monoisotopic (exact) mass is 311 g/mol. The topological polar surface area (TPSA) is 69.6 Å². The summed E-state index contributed by atoms with van der Waals surface area (Å²) in [4.78, 5) is 12.4. The number of hydrogen-bond acceptors (Lipinski definition) is 3. The Morgan fingerprint density at radius 2 is 1.70 bits per heavy atom. The van der Waals surface area contributed by atoms with E-state index in [1.165, 1.54) is 0 Å². The van der Waals surface area contributed by atoms with Crippen LogP contribution in [0.15, 0.2) is 54.6 Å². The Morgan fingerprint density at radius 1 is 1.04 bits per heavy atom. The van der Waals surface area contributed by atoms with Gasteiger partial charge in [0, 0.05) is 11.5 Å². The fraction of sp³-hybridized carbons (Fsp3) is 0.316. The van der Waals surface area contributed by atoms with Crippen LogP contribution in [0.2, 0.25) is 0 Å². The molecule has 0 spiro atoms. The van der Waals surface area contributed by atoms with Crippen molar-refractivity contribution in [2.45, 2.75) is 37.5 Å². The third-order valence-corrected chi connectivity index (χ3v) is 4.61. The number of carbonyl (C=O) groups excluding carboxylic acids is 1. The first-order valence-electron chi connectivity index (χ1n) is 7.85. The van der Waals surface area contributed by atoms with E-state index in [1.807, 2.05) is 37.3 Å². The SMILES string of the molecule is Cc1ccccc1[C@H]1C[C@@H](O)[C@@H](O)[C@@H]1NC(=O)c1ccccc1.